The molecule has 1 aromatic heterocycles. The molecule has 0 amide bonds. The summed E-state index contributed by atoms with van der Waals surface area (Å²) in [4.78, 5) is 8.16. The lowest BCUT2D eigenvalue weighted by Crippen LogP contribution is -2.25. The van der Waals surface area contributed by atoms with Crippen LogP contribution in [0.2, 0.25) is 0 Å². The normalized spacial score (nSPS) is 20.9. The first-order valence-electron chi connectivity index (χ1n) is 4.96. The van der Waals surface area contributed by atoms with Gasteiger partial charge in [0, 0.05) is 11.8 Å². The summed E-state index contributed by atoms with van der Waals surface area (Å²) < 4.78 is 10.5. The zero-order chi connectivity index (χ0) is 11.4. The Morgan fingerprint density at radius 1 is 1.38 bits per heavy atom. The molecule has 2 rings (SSSR count). The summed E-state index contributed by atoms with van der Waals surface area (Å²) in [5.41, 5.74) is 11.1. The van der Waals surface area contributed by atoms with Crippen LogP contribution in [0.25, 0.3) is 0 Å². The van der Waals surface area contributed by atoms with E-state index in [0.29, 0.717) is 23.6 Å². The minimum atomic E-state index is 0.185. The van der Waals surface area contributed by atoms with Crippen LogP contribution in [0.5, 0.6) is 0 Å². The molecule has 0 saturated carbocycles. The maximum atomic E-state index is 5.57. The molecule has 1 aromatic rings. The van der Waals surface area contributed by atoms with Gasteiger partial charge in [-0.3, -0.25) is 0 Å². The summed E-state index contributed by atoms with van der Waals surface area (Å²) in [6, 6.07) is 1.54. The molecule has 7 heteroatoms. The Morgan fingerprint density at radius 3 is 2.75 bits per heavy atom. The fraction of sp³-hybridized carbons (Fsp3) is 0.556. The molecule has 1 fully saturated rings. The van der Waals surface area contributed by atoms with E-state index in [2.05, 4.69) is 9.97 Å². The summed E-state index contributed by atoms with van der Waals surface area (Å²) in [5, 5.41) is 0.590. The van der Waals surface area contributed by atoms with E-state index in [1.165, 1.54) is 17.8 Å². The molecule has 2 heterocycles. The smallest absolute Gasteiger partial charge is 0.191 e. The van der Waals surface area contributed by atoms with Crippen molar-refractivity contribution in [2.45, 2.75) is 17.7 Å². The number of aromatic nitrogens is 2. The summed E-state index contributed by atoms with van der Waals surface area (Å²) in [6.07, 6.45) is 1.08. The maximum Gasteiger partial charge on any atom is 0.191 e. The van der Waals surface area contributed by atoms with Crippen molar-refractivity contribution in [2.75, 3.05) is 30.6 Å². The second-order valence-corrected chi connectivity index (χ2v) is 4.40. The van der Waals surface area contributed by atoms with Gasteiger partial charge in [-0.2, -0.15) is 0 Å². The van der Waals surface area contributed by atoms with Crippen molar-refractivity contribution in [3.8, 4) is 0 Å². The van der Waals surface area contributed by atoms with Crippen LogP contribution in [-0.2, 0) is 9.47 Å². The van der Waals surface area contributed by atoms with Crippen LogP contribution >= 0.6 is 11.8 Å². The van der Waals surface area contributed by atoms with Crippen molar-refractivity contribution in [1.29, 1.82) is 0 Å². The molecule has 0 radical (unpaired) electrons. The summed E-state index contributed by atoms with van der Waals surface area (Å²) in [5.74, 6) is 1.57. The molecule has 4 N–H and O–H groups in total. The SMILES string of the molecule is Nc1cc(N)nc(SCC2CCOCO2)n1. The van der Waals surface area contributed by atoms with Crippen molar-refractivity contribution >= 4 is 23.4 Å². The van der Waals surface area contributed by atoms with Gasteiger partial charge in [-0.1, -0.05) is 11.8 Å². The lowest BCUT2D eigenvalue weighted by atomic mass is 10.3. The van der Waals surface area contributed by atoms with Gasteiger partial charge >= 0.3 is 0 Å². The van der Waals surface area contributed by atoms with Crippen molar-refractivity contribution in [3.05, 3.63) is 6.07 Å². The molecule has 1 atom stereocenters. The maximum absolute atomic E-state index is 5.57. The van der Waals surface area contributed by atoms with Gasteiger partial charge in [-0.05, 0) is 6.42 Å². The van der Waals surface area contributed by atoms with Gasteiger partial charge in [0.2, 0.25) is 0 Å². The fourth-order valence-corrected chi connectivity index (χ4v) is 2.26. The second-order valence-electron chi connectivity index (χ2n) is 3.41. The van der Waals surface area contributed by atoms with Crippen LogP contribution < -0.4 is 11.5 Å². The Hall–Kier alpha value is -1.05. The molecule has 6 nitrogen and oxygen atoms in total. The molecular formula is C9H14N4O2S. The summed E-state index contributed by atoms with van der Waals surface area (Å²) >= 11 is 1.49. The predicted octanol–water partition coefficient (Wildman–Crippen LogP) is 0.496. The largest absolute Gasteiger partial charge is 0.383 e. The third kappa shape index (κ3) is 3.22. The Labute approximate surface area is 97.7 Å². The van der Waals surface area contributed by atoms with Gasteiger partial charge < -0.3 is 20.9 Å². The van der Waals surface area contributed by atoms with E-state index in [-0.39, 0.29) is 6.10 Å². The number of nitrogens with two attached hydrogens (primary N) is 2. The van der Waals surface area contributed by atoms with Crippen LogP contribution in [-0.4, -0.2) is 35.2 Å². The lowest BCUT2D eigenvalue weighted by Gasteiger charge is -2.21. The van der Waals surface area contributed by atoms with Crippen molar-refractivity contribution in [3.63, 3.8) is 0 Å². The highest BCUT2D eigenvalue weighted by molar-refractivity contribution is 7.99. The third-order valence-electron chi connectivity index (χ3n) is 2.11. The molecular weight excluding hydrogens is 228 g/mol. The molecule has 0 aliphatic carbocycles. The molecule has 0 aromatic carbocycles. The topological polar surface area (TPSA) is 96.3 Å². The van der Waals surface area contributed by atoms with Crippen LogP contribution in [0.3, 0.4) is 0 Å². The van der Waals surface area contributed by atoms with Gasteiger partial charge in [0.25, 0.3) is 0 Å². The third-order valence-corrected chi connectivity index (χ3v) is 3.09. The number of hydrogen-bond acceptors (Lipinski definition) is 7. The first-order valence-corrected chi connectivity index (χ1v) is 5.95. The van der Waals surface area contributed by atoms with E-state index in [9.17, 15) is 0 Å². The Kier molecular flexibility index (Phi) is 3.81. The second kappa shape index (κ2) is 5.33. The Balaban J connectivity index is 1.88. The average molecular weight is 242 g/mol. The number of ether oxygens (including phenoxy) is 2. The first-order chi connectivity index (χ1) is 7.74. The van der Waals surface area contributed by atoms with Crippen molar-refractivity contribution in [1.82, 2.24) is 9.97 Å². The Morgan fingerprint density at radius 2 is 2.12 bits per heavy atom. The monoisotopic (exact) mass is 242 g/mol. The first kappa shape index (κ1) is 11.4. The zero-order valence-electron chi connectivity index (χ0n) is 8.76. The van der Waals surface area contributed by atoms with E-state index in [0.717, 1.165) is 18.8 Å². The highest BCUT2D eigenvalue weighted by Crippen LogP contribution is 2.20. The minimum absolute atomic E-state index is 0.185. The average Bonchev–Trinajstić information content (AvgIpc) is 2.27. The number of rotatable bonds is 3. The molecule has 1 aliphatic heterocycles. The van der Waals surface area contributed by atoms with E-state index >= 15 is 0 Å². The highest BCUT2D eigenvalue weighted by Gasteiger charge is 2.15. The van der Waals surface area contributed by atoms with E-state index in [4.69, 9.17) is 20.9 Å². The van der Waals surface area contributed by atoms with Gasteiger partial charge in [0.1, 0.15) is 18.4 Å². The number of nitrogen functional groups attached to an aromatic ring is 2. The lowest BCUT2D eigenvalue weighted by molar-refractivity contribution is -0.130. The van der Waals surface area contributed by atoms with E-state index in [1.54, 1.807) is 0 Å². The van der Waals surface area contributed by atoms with Crippen LogP contribution in [0.1, 0.15) is 6.42 Å². The van der Waals surface area contributed by atoms with Gasteiger partial charge in [-0.15, -0.1) is 0 Å². The Bertz CT molecular complexity index is 337. The minimum Gasteiger partial charge on any atom is -0.383 e. The van der Waals surface area contributed by atoms with E-state index in [1.807, 2.05) is 0 Å². The molecule has 0 spiro atoms. The highest BCUT2D eigenvalue weighted by atomic mass is 32.2. The van der Waals surface area contributed by atoms with Gasteiger partial charge in [0.15, 0.2) is 5.16 Å². The molecule has 88 valence electrons. The fourth-order valence-electron chi connectivity index (χ4n) is 1.33. The molecule has 1 unspecified atom stereocenters. The van der Waals surface area contributed by atoms with Crippen LogP contribution in [0, 0.1) is 0 Å². The number of anilines is 2. The number of hydrogen-bond donors (Lipinski definition) is 2. The quantitative estimate of drug-likeness (QED) is 0.588. The standard InChI is InChI=1S/C9H14N4O2S/c10-7-3-8(11)13-9(12-7)16-4-6-1-2-14-5-15-6/h3,6H,1-2,4-5H2,(H4,10,11,12,13). The molecule has 0 bridgehead atoms. The summed E-state index contributed by atoms with van der Waals surface area (Å²) in [6.45, 7) is 1.11. The number of nitrogens with zero attached hydrogens (tertiary/aromatic N) is 2. The van der Waals surface area contributed by atoms with Gasteiger partial charge in [-0.25, -0.2) is 9.97 Å². The number of thioether (sulfide) groups is 1. The summed E-state index contributed by atoms with van der Waals surface area (Å²) in [7, 11) is 0. The zero-order valence-corrected chi connectivity index (χ0v) is 9.57. The van der Waals surface area contributed by atoms with E-state index < -0.39 is 0 Å². The van der Waals surface area contributed by atoms with Crippen molar-refractivity contribution in [2.24, 2.45) is 0 Å². The van der Waals surface area contributed by atoms with Crippen LogP contribution in [0.4, 0.5) is 11.6 Å². The van der Waals surface area contributed by atoms with Crippen molar-refractivity contribution < 1.29 is 9.47 Å². The van der Waals surface area contributed by atoms with Gasteiger partial charge in [0.05, 0.1) is 12.7 Å². The molecule has 1 saturated heterocycles. The molecule has 16 heavy (non-hydrogen) atoms. The van der Waals surface area contributed by atoms with Crippen LogP contribution in [0.15, 0.2) is 11.2 Å². The predicted molar refractivity (Wildman–Crippen MR) is 61.9 cm³/mol. The molecule has 1 aliphatic rings.